The zero-order valence-corrected chi connectivity index (χ0v) is 20.4. The first-order valence-electron chi connectivity index (χ1n) is 11.5. The third kappa shape index (κ3) is 6.37. The van der Waals surface area contributed by atoms with Gasteiger partial charge in [0.05, 0.1) is 25.4 Å². The molecule has 0 aliphatic rings. The van der Waals surface area contributed by atoms with Crippen LogP contribution in [-0.2, 0) is 4.79 Å². The summed E-state index contributed by atoms with van der Waals surface area (Å²) in [4.78, 5) is 37.2. The minimum atomic E-state index is -0.517. The maximum atomic E-state index is 12.7. The molecule has 8 heteroatoms. The fourth-order valence-electron chi connectivity index (χ4n) is 3.56. The Labute approximate surface area is 213 Å². The average molecular weight is 496 g/mol. The van der Waals surface area contributed by atoms with Gasteiger partial charge in [-0.2, -0.15) is 5.10 Å². The van der Waals surface area contributed by atoms with E-state index in [0.29, 0.717) is 28.2 Å². The van der Waals surface area contributed by atoms with Crippen LogP contribution in [0.3, 0.4) is 0 Å². The van der Waals surface area contributed by atoms with E-state index in [1.165, 1.54) is 13.3 Å². The quantitative estimate of drug-likeness (QED) is 0.164. The summed E-state index contributed by atoms with van der Waals surface area (Å²) in [5.41, 5.74) is 4.77. The predicted molar refractivity (Wildman–Crippen MR) is 141 cm³/mol. The second-order valence-electron chi connectivity index (χ2n) is 8.16. The molecule has 0 fully saturated rings. The van der Waals surface area contributed by atoms with Crippen LogP contribution in [0.1, 0.15) is 31.8 Å². The SMILES string of the molecule is COc1ccc(C(=O)NCC(=O)N/N=C/c2c(OC(=O)c3ccc(C)cc3)ccc3ccccc23)cc1. The molecule has 4 aromatic carbocycles. The van der Waals surface area contributed by atoms with Crippen molar-refractivity contribution in [3.8, 4) is 11.5 Å². The number of amides is 2. The second kappa shape index (κ2) is 11.6. The van der Waals surface area contributed by atoms with Crippen LogP contribution in [0, 0.1) is 6.92 Å². The lowest BCUT2D eigenvalue weighted by atomic mass is 10.0. The van der Waals surface area contributed by atoms with Gasteiger partial charge in [0, 0.05) is 11.1 Å². The molecule has 0 aliphatic heterocycles. The van der Waals surface area contributed by atoms with Gasteiger partial charge in [0.1, 0.15) is 11.5 Å². The molecule has 2 N–H and O–H groups in total. The van der Waals surface area contributed by atoms with E-state index in [1.54, 1.807) is 42.5 Å². The van der Waals surface area contributed by atoms with Crippen LogP contribution < -0.4 is 20.2 Å². The Morgan fingerprint density at radius 3 is 2.30 bits per heavy atom. The highest BCUT2D eigenvalue weighted by atomic mass is 16.5. The number of nitrogens with zero attached hydrogens (tertiary/aromatic N) is 1. The van der Waals surface area contributed by atoms with Crippen molar-refractivity contribution in [2.45, 2.75) is 6.92 Å². The summed E-state index contributed by atoms with van der Waals surface area (Å²) in [5.74, 6) is -0.496. The van der Waals surface area contributed by atoms with E-state index in [1.807, 2.05) is 49.4 Å². The molecule has 0 heterocycles. The normalized spacial score (nSPS) is 10.8. The van der Waals surface area contributed by atoms with Gasteiger partial charge < -0.3 is 14.8 Å². The number of rotatable bonds is 8. The molecule has 4 rings (SSSR count). The van der Waals surface area contributed by atoms with Gasteiger partial charge in [-0.15, -0.1) is 0 Å². The summed E-state index contributed by atoms with van der Waals surface area (Å²) in [6.07, 6.45) is 1.42. The molecule has 0 spiro atoms. The number of aryl methyl sites for hydroxylation is 1. The molecule has 0 atom stereocenters. The average Bonchev–Trinajstić information content (AvgIpc) is 2.93. The van der Waals surface area contributed by atoms with Crippen LogP contribution in [0.15, 0.2) is 90.0 Å². The van der Waals surface area contributed by atoms with Crippen LogP contribution in [-0.4, -0.2) is 37.7 Å². The van der Waals surface area contributed by atoms with Crippen LogP contribution in [0.4, 0.5) is 0 Å². The topological polar surface area (TPSA) is 106 Å². The van der Waals surface area contributed by atoms with Crippen molar-refractivity contribution < 1.29 is 23.9 Å². The molecule has 0 radical (unpaired) electrons. The Hall–Kier alpha value is -4.98. The lowest BCUT2D eigenvalue weighted by Crippen LogP contribution is -2.34. The molecule has 0 aromatic heterocycles. The standard InChI is InChI=1S/C29H25N3O5/c1-19-7-9-22(10-8-19)29(35)37-26-16-13-20-5-3-4-6-24(20)25(26)17-31-32-27(33)18-30-28(34)21-11-14-23(36-2)15-12-21/h3-17H,18H2,1-2H3,(H,30,34)(H,32,33)/b31-17+. The Kier molecular flexibility index (Phi) is 7.90. The van der Waals surface area contributed by atoms with E-state index in [2.05, 4.69) is 15.8 Å². The molecule has 2 amide bonds. The number of fused-ring (bicyclic) bond motifs is 1. The van der Waals surface area contributed by atoms with E-state index in [9.17, 15) is 14.4 Å². The third-order valence-corrected chi connectivity index (χ3v) is 5.57. The zero-order chi connectivity index (χ0) is 26.2. The van der Waals surface area contributed by atoms with Crippen molar-refractivity contribution in [1.82, 2.24) is 10.7 Å². The number of hydrogen-bond donors (Lipinski definition) is 2. The van der Waals surface area contributed by atoms with Gasteiger partial charge in [0.25, 0.3) is 11.8 Å². The van der Waals surface area contributed by atoms with Crippen molar-refractivity contribution >= 4 is 34.8 Å². The lowest BCUT2D eigenvalue weighted by molar-refractivity contribution is -0.120. The number of hydrazone groups is 1. The van der Waals surface area contributed by atoms with E-state index in [-0.39, 0.29) is 6.54 Å². The molecule has 4 aromatic rings. The zero-order valence-electron chi connectivity index (χ0n) is 20.4. The monoisotopic (exact) mass is 495 g/mol. The number of carbonyl (C=O) groups excluding carboxylic acids is 3. The second-order valence-corrected chi connectivity index (χ2v) is 8.16. The highest BCUT2D eigenvalue weighted by Crippen LogP contribution is 2.27. The maximum Gasteiger partial charge on any atom is 0.343 e. The van der Waals surface area contributed by atoms with E-state index in [0.717, 1.165) is 16.3 Å². The third-order valence-electron chi connectivity index (χ3n) is 5.57. The highest BCUT2D eigenvalue weighted by Gasteiger charge is 2.14. The van der Waals surface area contributed by atoms with Crippen molar-refractivity contribution in [3.05, 3.63) is 107 Å². The smallest absolute Gasteiger partial charge is 0.343 e. The Bertz CT molecular complexity index is 1460. The Morgan fingerprint density at radius 1 is 0.865 bits per heavy atom. The minimum Gasteiger partial charge on any atom is -0.497 e. The number of nitrogens with one attached hydrogen (secondary N) is 2. The fraction of sp³-hybridized carbons (Fsp3) is 0.103. The molecule has 0 aliphatic carbocycles. The number of benzene rings is 4. The van der Waals surface area contributed by atoms with Gasteiger partial charge in [0.15, 0.2) is 0 Å². The molecule has 0 saturated heterocycles. The molecular formula is C29H25N3O5. The molecule has 186 valence electrons. The summed E-state index contributed by atoms with van der Waals surface area (Å²) in [6.45, 7) is 1.67. The Morgan fingerprint density at radius 2 is 1.57 bits per heavy atom. The van der Waals surface area contributed by atoms with Gasteiger partial charge in [-0.3, -0.25) is 9.59 Å². The summed E-state index contributed by atoms with van der Waals surface area (Å²) in [7, 11) is 1.54. The van der Waals surface area contributed by atoms with Crippen molar-refractivity contribution in [2.75, 3.05) is 13.7 Å². The number of esters is 1. The first kappa shape index (κ1) is 25.1. The summed E-state index contributed by atoms with van der Waals surface area (Å²) in [6, 6.07) is 24.7. The largest absolute Gasteiger partial charge is 0.497 e. The number of hydrogen-bond acceptors (Lipinski definition) is 6. The van der Waals surface area contributed by atoms with Crippen LogP contribution in [0.2, 0.25) is 0 Å². The summed E-state index contributed by atoms with van der Waals surface area (Å²) < 4.78 is 10.7. The lowest BCUT2D eigenvalue weighted by Gasteiger charge is -2.11. The summed E-state index contributed by atoms with van der Waals surface area (Å²) >= 11 is 0. The maximum absolute atomic E-state index is 12.7. The highest BCUT2D eigenvalue weighted by molar-refractivity contribution is 6.04. The molecular weight excluding hydrogens is 470 g/mol. The molecule has 8 nitrogen and oxygen atoms in total. The number of ether oxygens (including phenoxy) is 2. The fourth-order valence-corrected chi connectivity index (χ4v) is 3.56. The van der Waals surface area contributed by atoms with Crippen LogP contribution >= 0.6 is 0 Å². The minimum absolute atomic E-state index is 0.271. The van der Waals surface area contributed by atoms with Gasteiger partial charge >= 0.3 is 5.97 Å². The predicted octanol–water partition coefficient (Wildman–Crippen LogP) is 4.26. The Balaban J connectivity index is 1.44. The van der Waals surface area contributed by atoms with E-state index >= 15 is 0 Å². The molecule has 0 unspecified atom stereocenters. The van der Waals surface area contributed by atoms with Gasteiger partial charge in [-0.25, -0.2) is 10.2 Å². The van der Waals surface area contributed by atoms with Gasteiger partial charge in [0.2, 0.25) is 0 Å². The van der Waals surface area contributed by atoms with E-state index in [4.69, 9.17) is 9.47 Å². The first-order valence-corrected chi connectivity index (χ1v) is 11.5. The number of carbonyl (C=O) groups is 3. The first-order chi connectivity index (χ1) is 17.9. The van der Waals surface area contributed by atoms with Gasteiger partial charge in [-0.1, -0.05) is 48.0 Å². The van der Waals surface area contributed by atoms with Crippen molar-refractivity contribution in [3.63, 3.8) is 0 Å². The van der Waals surface area contributed by atoms with Crippen molar-refractivity contribution in [2.24, 2.45) is 5.10 Å². The molecule has 0 bridgehead atoms. The molecule has 37 heavy (non-hydrogen) atoms. The molecule has 0 saturated carbocycles. The summed E-state index contributed by atoms with van der Waals surface area (Å²) in [5, 5.41) is 8.28. The van der Waals surface area contributed by atoms with Gasteiger partial charge in [-0.05, 0) is 60.2 Å². The number of methoxy groups -OCH3 is 1. The van der Waals surface area contributed by atoms with Crippen LogP contribution in [0.25, 0.3) is 10.8 Å². The van der Waals surface area contributed by atoms with Crippen molar-refractivity contribution in [1.29, 1.82) is 0 Å². The van der Waals surface area contributed by atoms with Crippen LogP contribution in [0.5, 0.6) is 11.5 Å². The van der Waals surface area contributed by atoms with E-state index < -0.39 is 17.8 Å².